The highest BCUT2D eigenvalue weighted by Gasteiger charge is 2.31. The number of carbonyl (C=O) groups is 3. The van der Waals surface area contributed by atoms with E-state index >= 15 is 0 Å². The van der Waals surface area contributed by atoms with Gasteiger partial charge in [0.15, 0.2) is 0 Å². The fourth-order valence-corrected chi connectivity index (χ4v) is 3.75. The molecule has 164 valence electrons. The van der Waals surface area contributed by atoms with E-state index in [1.54, 1.807) is 31.2 Å². The van der Waals surface area contributed by atoms with E-state index in [1.807, 2.05) is 0 Å². The van der Waals surface area contributed by atoms with Crippen molar-refractivity contribution < 1.29 is 33.7 Å². The molecule has 12 heteroatoms. The van der Waals surface area contributed by atoms with Gasteiger partial charge in [0, 0.05) is 11.1 Å². The number of rotatable bonds is 6. The molecule has 0 radical (unpaired) electrons. The number of primary amides is 1. The van der Waals surface area contributed by atoms with E-state index in [2.05, 4.69) is 10.6 Å². The number of fused-ring (bicyclic) bond motifs is 2. The molecule has 32 heavy (non-hydrogen) atoms. The third-order valence-electron chi connectivity index (χ3n) is 5.59. The van der Waals surface area contributed by atoms with Crippen molar-refractivity contribution in [2.24, 2.45) is 5.73 Å². The molecule has 6 N–H and O–H groups in total. The minimum absolute atomic E-state index is 0.214. The average molecular weight is 437 g/mol. The third-order valence-corrected chi connectivity index (χ3v) is 5.59. The number of benzene rings is 2. The molecular formula is C20H21B2N3O7. The van der Waals surface area contributed by atoms with E-state index in [-0.39, 0.29) is 24.3 Å². The summed E-state index contributed by atoms with van der Waals surface area (Å²) in [5, 5.41) is 24.8. The number of nitrogens with two attached hydrogens (primary N) is 1. The quantitative estimate of drug-likeness (QED) is 0.313. The van der Waals surface area contributed by atoms with Crippen LogP contribution in [0.1, 0.15) is 38.8 Å². The minimum atomic E-state index is -1.19. The van der Waals surface area contributed by atoms with Gasteiger partial charge in [-0.25, -0.2) is 0 Å². The van der Waals surface area contributed by atoms with E-state index in [0.29, 0.717) is 10.9 Å². The van der Waals surface area contributed by atoms with Crippen LogP contribution in [0.2, 0.25) is 0 Å². The van der Waals surface area contributed by atoms with E-state index in [4.69, 9.17) is 15.0 Å². The lowest BCUT2D eigenvalue weighted by Gasteiger charge is -2.23. The fourth-order valence-electron chi connectivity index (χ4n) is 3.75. The van der Waals surface area contributed by atoms with Gasteiger partial charge in [0.25, 0.3) is 11.8 Å². The number of amides is 3. The summed E-state index contributed by atoms with van der Waals surface area (Å²) < 4.78 is 10.2. The van der Waals surface area contributed by atoms with Gasteiger partial charge in [-0.3, -0.25) is 14.4 Å². The molecule has 0 aliphatic carbocycles. The van der Waals surface area contributed by atoms with Gasteiger partial charge in [-0.1, -0.05) is 12.1 Å². The normalized spacial score (nSPS) is 16.2. The Morgan fingerprint density at radius 1 is 0.906 bits per heavy atom. The summed E-state index contributed by atoms with van der Waals surface area (Å²) in [6.07, 6.45) is 0. The van der Waals surface area contributed by atoms with E-state index < -0.39 is 44.0 Å². The SMILES string of the molecule is C[C@H](NC(=O)c1ccc2c(c1)B(O)OC2)[C@H](NC(=O)c1ccc2c(c1)B(O)OC2)C(N)=O. The average Bonchev–Trinajstić information content (AvgIpc) is 3.33. The van der Waals surface area contributed by atoms with Crippen LogP contribution in [0.5, 0.6) is 0 Å². The summed E-state index contributed by atoms with van der Waals surface area (Å²) >= 11 is 0. The molecule has 0 saturated carbocycles. The predicted molar refractivity (Wildman–Crippen MR) is 115 cm³/mol. The van der Waals surface area contributed by atoms with E-state index in [9.17, 15) is 24.4 Å². The molecule has 2 atom stereocenters. The van der Waals surface area contributed by atoms with Crippen LogP contribution in [0.3, 0.4) is 0 Å². The van der Waals surface area contributed by atoms with Gasteiger partial charge in [0.05, 0.1) is 19.3 Å². The van der Waals surface area contributed by atoms with Gasteiger partial charge >= 0.3 is 14.2 Å². The van der Waals surface area contributed by atoms with Gasteiger partial charge in [-0.05, 0) is 53.2 Å². The van der Waals surface area contributed by atoms with Crippen molar-refractivity contribution in [3.63, 3.8) is 0 Å². The number of carbonyl (C=O) groups excluding carboxylic acids is 3. The number of hydrogen-bond donors (Lipinski definition) is 5. The fraction of sp³-hybridized carbons (Fsp3) is 0.250. The first-order valence-corrected chi connectivity index (χ1v) is 10.0. The van der Waals surface area contributed by atoms with Crippen LogP contribution >= 0.6 is 0 Å². The molecule has 2 aromatic rings. The van der Waals surface area contributed by atoms with Crippen LogP contribution in [0.15, 0.2) is 36.4 Å². The first kappa shape index (κ1) is 22.0. The lowest BCUT2D eigenvalue weighted by molar-refractivity contribution is -0.120. The number of nitrogens with one attached hydrogen (secondary N) is 2. The van der Waals surface area contributed by atoms with Gasteiger partial charge in [0.1, 0.15) is 6.04 Å². The van der Waals surface area contributed by atoms with Crippen molar-refractivity contribution in [3.8, 4) is 0 Å². The maximum Gasteiger partial charge on any atom is 0.491 e. The Hall–Kier alpha value is -3.18. The van der Waals surface area contributed by atoms with Crippen LogP contribution in [0.4, 0.5) is 0 Å². The van der Waals surface area contributed by atoms with Crippen molar-refractivity contribution in [1.29, 1.82) is 0 Å². The van der Waals surface area contributed by atoms with Gasteiger partial charge < -0.3 is 35.7 Å². The van der Waals surface area contributed by atoms with Gasteiger partial charge in [-0.15, -0.1) is 0 Å². The second-order valence-electron chi connectivity index (χ2n) is 7.77. The molecule has 0 unspecified atom stereocenters. The topological polar surface area (TPSA) is 160 Å². The highest BCUT2D eigenvalue weighted by Crippen LogP contribution is 2.13. The van der Waals surface area contributed by atoms with Crippen LogP contribution in [-0.4, -0.2) is 54.1 Å². The van der Waals surface area contributed by atoms with Crippen LogP contribution in [-0.2, 0) is 27.3 Å². The Morgan fingerprint density at radius 2 is 1.38 bits per heavy atom. The summed E-state index contributed by atoms with van der Waals surface area (Å²) in [6, 6.07) is 7.46. The Morgan fingerprint density at radius 3 is 1.84 bits per heavy atom. The zero-order valence-corrected chi connectivity index (χ0v) is 17.2. The van der Waals surface area contributed by atoms with Crippen molar-refractivity contribution in [2.75, 3.05) is 0 Å². The first-order valence-electron chi connectivity index (χ1n) is 10.0. The molecule has 3 amide bonds. The molecule has 0 fully saturated rings. The molecular weight excluding hydrogens is 416 g/mol. The summed E-state index contributed by atoms with van der Waals surface area (Å²) in [6.45, 7) is 2.05. The third kappa shape index (κ3) is 4.26. The van der Waals surface area contributed by atoms with E-state index in [1.165, 1.54) is 12.1 Å². The lowest BCUT2D eigenvalue weighted by Crippen LogP contribution is -2.56. The van der Waals surface area contributed by atoms with Crippen molar-refractivity contribution >= 4 is 42.9 Å². The van der Waals surface area contributed by atoms with Gasteiger partial charge in [-0.2, -0.15) is 0 Å². The molecule has 0 saturated heterocycles. The Bertz CT molecular complexity index is 1100. The van der Waals surface area contributed by atoms with Crippen LogP contribution < -0.4 is 27.3 Å². The van der Waals surface area contributed by atoms with Crippen LogP contribution in [0, 0.1) is 0 Å². The molecule has 2 aliphatic heterocycles. The van der Waals surface area contributed by atoms with Crippen molar-refractivity contribution in [2.45, 2.75) is 32.2 Å². The standard InChI is InChI=1S/C20H21B2N3O7/c1-10(24-19(27)11-2-4-13-8-31-21(29)15(13)6-11)17(18(23)26)25-20(28)12-3-5-14-9-32-22(30)16(14)7-12/h2-7,10,17,29-30H,8-9H2,1H3,(H2,23,26)(H,24,27)(H,25,28)/t10-,17-/m0/s1. The maximum atomic E-state index is 12.7. The maximum absolute atomic E-state index is 12.7. The highest BCUT2D eigenvalue weighted by atomic mass is 16.5. The molecule has 2 aromatic carbocycles. The summed E-state index contributed by atoms with van der Waals surface area (Å²) in [5.74, 6) is -1.92. The monoisotopic (exact) mass is 437 g/mol. The summed E-state index contributed by atoms with van der Waals surface area (Å²) in [5.41, 5.74) is 8.49. The second-order valence-corrected chi connectivity index (χ2v) is 7.77. The van der Waals surface area contributed by atoms with Gasteiger partial charge in [0.2, 0.25) is 5.91 Å². The lowest BCUT2D eigenvalue weighted by atomic mass is 9.78. The first-order chi connectivity index (χ1) is 15.2. The zero-order valence-electron chi connectivity index (χ0n) is 17.2. The van der Waals surface area contributed by atoms with Crippen molar-refractivity contribution in [1.82, 2.24) is 10.6 Å². The summed E-state index contributed by atoms with van der Waals surface area (Å²) in [7, 11) is -2.21. The Balaban J connectivity index is 1.45. The largest absolute Gasteiger partial charge is 0.491 e. The predicted octanol–water partition coefficient (Wildman–Crippen LogP) is -2.48. The molecule has 0 bridgehead atoms. The smallest absolute Gasteiger partial charge is 0.423 e. The Kier molecular flexibility index (Phi) is 6.02. The number of hydrogen-bond acceptors (Lipinski definition) is 7. The second kappa shape index (κ2) is 8.75. The highest BCUT2D eigenvalue weighted by molar-refractivity contribution is 6.62. The molecule has 2 heterocycles. The molecule has 4 rings (SSSR count). The van der Waals surface area contributed by atoms with E-state index in [0.717, 1.165) is 11.1 Å². The zero-order chi connectivity index (χ0) is 23.0. The minimum Gasteiger partial charge on any atom is -0.423 e. The van der Waals surface area contributed by atoms with Crippen molar-refractivity contribution in [3.05, 3.63) is 58.7 Å². The molecule has 10 nitrogen and oxygen atoms in total. The molecule has 0 spiro atoms. The summed E-state index contributed by atoms with van der Waals surface area (Å²) in [4.78, 5) is 37.4. The van der Waals surface area contributed by atoms with Crippen LogP contribution in [0.25, 0.3) is 0 Å². The molecule has 2 aliphatic rings. The Labute approximate surface area is 184 Å². The molecule has 0 aromatic heterocycles.